The van der Waals surface area contributed by atoms with Crippen LogP contribution in [0.3, 0.4) is 0 Å². The molecule has 112 valence electrons. The van der Waals surface area contributed by atoms with E-state index in [0.29, 0.717) is 17.2 Å². The maximum absolute atomic E-state index is 13.5. The number of benzene rings is 2. The normalized spacial score (nSPS) is 12.2. The standard InChI is InChI=1S/C16H16ClF2NO/c1-2-11(20)8-10-6-7-12(9-13(10)17)21-15-5-3-4-14(18)16(15)19/h3-7,9,11H,2,8,20H2,1H3. The van der Waals surface area contributed by atoms with Crippen LogP contribution in [0.25, 0.3) is 0 Å². The monoisotopic (exact) mass is 311 g/mol. The van der Waals surface area contributed by atoms with Gasteiger partial charge >= 0.3 is 0 Å². The Labute approximate surface area is 127 Å². The molecule has 0 radical (unpaired) electrons. The van der Waals surface area contributed by atoms with Gasteiger partial charge in [0, 0.05) is 11.1 Å². The minimum atomic E-state index is -1.02. The lowest BCUT2D eigenvalue weighted by molar-refractivity contribution is 0.416. The van der Waals surface area contributed by atoms with E-state index in [9.17, 15) is 8.78 Å². The van der Waals surface area contributed by atoms with Gasteiger partial charge in [-0.2, -0.15) is 4.39 Å². The molecule has 1 atom stereocenters. The Morgan fingerprint density at radius 3 is 2.67 bits per heavy atom. The first-order valence-corrected chi connectivity index (χ1v) is 7.05. The molecule has 21 heavy (non-hydrogen) atoms. The van der Waals surface area contributed by atoms with Gasteiger partial charge in [0.1, 0.15) is 5.75 Å². The topological polar surface area (TPSA) is 35.2 Å². The van der Waals surface area contributed by atoms with E-state index in [4.69, 9.17) is 22.1 Å². The van der Waals surface area contributed by atoms with Crippen molar-refractivity contribution in [2.24, 2.45) is 5.73 Å². The predicted molar refractivity (Wildman–Crippen MR) is 79.9 cm³/mol. The lowest BCUT2D eigenvalue weighted by Crippen LogP contribution is -2.21. The summed E-state index contributed by atoms with van der Waals surface area (Å²) in [6, 6.07) is 8.82. The molecule has 2 rings (SSSR count). The van der Waals surface area contributed by atoms with Crippen molar-refractivity contribution in [2.45, 2.75) is 25.8 Å². The van der Waals surface area contributed by atoms with Crippen LogP contribution < -0.4 is 10.5 Å². The minimum Gasteiger partial charge on any atom is -0.454 e. The molecule has 5 heteroatoms. The second kappa shape index (κ2) is 6.87. The van der Waals surface area contributed by atoms with Gasteiger partial charge in [-0.1, -0.05) is 30.7 Å². The zero-order valence-corrected chi connectivity index (χ0v) is 12.3. The van der Waals surface area contributed by atoms with Gasteiger partial charge in [0.2, 0.25) is 5.82 Å². The molecular formula is C16H16ClF2NO. The van der Waals surface area contributed by atoms with Crippen molar-refractivity contribution < 1.29 is 13.5 Å². The Kier molecular flexibility index (Phi) is 5.15. The van der Waals surface area contributed by atoms with E-state index in [1.54, 1.807) is 18.2 Å². The minimum absolute atomic E-state index is 0.0370. The Bertz CT molecular complexity index is 634. The van der Waals surface area contributed by atoms with E-state index in [1.807, 2.05) is 6.92 Å². The molecule has 0 bridgehead atoms. The Hall–Kier alpha value is -1.65. The van der Waals surface area contributed by atoms with Crippen LogP contribution in [0.5, 0.6) is 11.5 Å². The molecule has 2 aromatic rings. The van der Waals surface area contributed by atoms with Crippen molar-refractivity contribution in [1.82, 2.24) is 0 Å². The molecule has 0 fully saturated rings. The first-order valence-electron chi connectivity index (χ1n) is 6.67. The van der Waals surface area contributed by atoms with E-state index in [0.717, 1.165) is 18.1 Å². The number of ether oxygens (including phenoxy) is 1. The third kappa shape index (κ3) is 3.93. The summed E-state index contributed by atoms with van der Waals surface area (Å²) in [6.45, 7) is 2.00. The molecule has 0 heterocycles. The first kappa shape index (κ1) is 15.7. The average molecular weight is 312 g/mol. The number of halogens is 3. The van der Waals surface area contributed by atoms with Gasteiger partial charge in [0.15, 0.2) is 11.6 Å². The first-order chi connectivity index (χ1) is 10.0. The second-order valence-corrected chi connectivity index (χ2v) is 5.19. The predicted octanol–water partition coefficient (Wildman–Crippen LogP) is 4.69. The highest BCUT2D eigenvalue weighted by atomic mass is 35.5. The summed E-state index contributed by atoms with van der Waals surface area (Å²) in [7, 11) is 0. The second-order valence-electron chi connectivity index (χ2n) is 4.78. The van der Waals surface area contributed by atoms with Crippen LogP contribution in [-0.4, -0.2) is 6.04 Å². The molecule has 0 saturated heterocycles. The van der Waals surface area contributed by atoms with Crippen molar-refractivity contribution >= 4 is 11.6 Å². The molecular weight excluding hydrogens is 296 g/mol. The molecule has 2 aromatic carbocycles. The van der Waals surface area contributed by atoms with Crippen LogP contribution in [0.4, 0.5) is 8.78 Å². The molecule has 1 unspecified atom stereocenters. The average Bonchev–Trinajstić information content (AvgIpc) is 2.46. The summed E-state index contributed by atoms with van der Waals surface area (Å²) in [4.78, 5) is 0. The zero-order valence-electron chi connectivity index (χ0n) is 11.6. The van der Waals surface area contributed by atoms with Gasteiger partial charge in [-0.15, -0.1) is 0 Å². The maximum Gasteiger partial charge on any atom is 0.201 e. The summed E-state index contributed by atoms with van der Waals surface area (Å²) >= 11 is 6.16. The van der Waals surface area contributed by atoms with Gasteiger partial charge in [0.05, 0.1) is 0 Å². The van der Waals surface area contributed by atoms with Crippen LogP contribution in [0, 0.1) is 11.6 Å². The van der Waals surface area contributed by atoms with E-state index in [2.05, 4.69) is 0 Å². The van der Waals surface area contributed by atoms with Crippen molar-refractivity contribution in [3.05, 3.63) is 58.6 Å². The van der Waals surface area contributed by atoms with Gasteiger partial charge in [-0.25, -0.2) is 4.39 Å². The summed E-state index contributed by atoms with van der Waals surface area (Å²) in [5, 5.41) is 0.494. The van der Waals surface area contributed by atoms with Crippen LogP contribution >= 0.6 is 11.6 Å². The van der Waals surface area contributed by atoms with Crippen molar-refractivity contribution in [2.75, 3.05) is 0 Å². The van der Waals surface area contributed by atoms with E-state index in [-0.39, 0.29) is 11.8 Å². The van der Waals surface area contributed by atoms with Gasteiger partial charge in [-0.3, -0.25) is 0 Å². The Balaban J connectivity index is 2.18. The fraction of sp³-hybridized carbons (Fsp3) is 0.250. The highest BCUT2D eigenvalue weighted by Gasteiger charge is 2.11. The zero-order chi connectivity index (χ0) is 15.4. The molecule has 0 spiro atoms. The lowest BCUT2D eigenvalue weighted by Gasteiger charge is -2.12. The molecule has 0 aliphatic carbocycles. The highest BCUT2D eigenvalue weighted by molar-refractivity contribution is 6.31. The third-order valence-corrected chi connectivity index (χ3v) is 3.53. The molecule has 2 nitrogen and oxygen atoms in total. The number of rotatable bonds is 5. The van der Waals surface area contributed by atoms with E-state index in [1.165, 1.54) is 12.1 Å². The molecule has 0 amide bonds. The smallest absolute Gasteiger partial charge is 0.201 e. The van der Waals surface area contributed by atoms with Crippen molar-refractivity contribution in [3.8, 4) is 11.5 Å². The van der Waals surface area contributed by atoms with Crippen molar-refractivity contribution in [1.29, 1.82) is 0 Å². The van der Waals surface area contributed by atoms with E-state index < -0.39 is 11.6 Å². The largest absolute Gasteiger partial charge is 0.454 e. The summed E-state index contributed by atoms with van der Waals surface area (Å²) in [6.07, 6.45) is 1.51. The van der Waals surface area contributed by atoms with Crippen molar-refractivity contribution in [3.63, 3.8) is 0 Å². The molecule has 0 aliphatic rings. The number of nitrogens with two attached hydrogens (primary N) is 1. The maximum atomic E-state index is 13.5. The lowest BCUT2D eigenvalue weighted by atomic mass is 10.0. The SMILES string of the molecule is CCC(N)Cc1ccc(Oc2cccc(F)c2F)cc1Cl. The van der Waals surface area contributed by atoms with Crippen LogP contribution in [0.1, 0.15) is 18.9 Å². The summed E-state index contributed by atoms with van der Waals surface area (Å²) in [5.41, 5.74) is 6.79. The van der Waals surface area contributed by atoms with E-state index >= 15 is 0 Å². The third-order valence-electron chi connectivity index (χ3n) is 3.17. The highest BCUT2D eigenvalue weighted by Crippen LogP contribution is 2.29. The summed E-state index contributed by atoms with van der Waals surface area (Å²) in [5.74, 6) is -1.81. The molecule has 0 aliphatic heterocycles. The van der Waals surface area contributed by atoms with Crippen LogP contribution in [-0.2, 0) is 6.42 Å². The fourth-order valence-electron chi connectivity index (χ4n) is 1.87. The number of hydrogen-bond donors (Lipinski definition) is 1. The quantitative estimate of drug-likeness (QED) is 0.869. The molecule has 2 N–H and O–H groups in total. The van der Waals surface area contributed by atoms with Gasteiger partial charge < -0.3 is 10.5 Å². The summed E-state index contributed by atoms with van der Waals surface area (Å²) < 4.78 is 32.0. The fourth-order valence-corrected chi connectivity index (χ4v) is 2.12. The molecule has 0 saturated carbocycles. The number of hydrogen-bond acceptors (Lipinski definition) is 2. The van der Waals surface area contributed by atoms with Gasteiger partial charge in [-0.05, 0) is 42.7 Å². The Morgan fingerprint density at radius 2 is 2.00 bits per heavy atom. The van der Waals surface area contributed by atoms with Crippen LogP contribution in [0.15, 0.2) is 36.4 Å². The Morgan fingerprint density at radius 1 is 1.24 bits per heavy atom. The molecule has 0 aromatic heterocycles. The van der Waals surface area contributed by atoms with Crippen LogP contribution in [0.2, 0.25) is 5.02 Å². The van der Waals surface area contributed by atoms with Gasteiger partial charge in [0.25, 0.3) is 0 Å².